The van der Waals surface area contributed by atoms with Crippen molar-refractivity contribution in [3.05, 3.63) is 101 Å². The summed E-state index contributed by atoms with van der Waals surface area (Å²) < 4.78 is 38.7. The van der Waals surface area contributed by atoms with Gasteiger partial charge in [-0.25, -0.2) is 18.0 Å². The van der Waals surface area contributed by atoms with Gasteiger partial charge in [0.2, 0.25) is 10.0 Å². The molecule has 1 N–H and O–H groups in total. The summed E-state index contributed by atoms with van der Waals surface area (Å²) in [7, 11) is -1.82. The molecular formula is C23H21NO6S. The first-order valence-corrected chi connectivity index (χ1v) is 10.8. The fourth-order valence-electron chi connectivity index (χ4n) is 3.07. The van der Waals surface area contributed by atoms with Crippen LogP contribution in [0.2, 0.25) is 0 Å². The number of sulfonamides is 1. The molecule has 160 valence electrons. The van der Waals surface area contributed by atoms with E-state index < -0.39 is 28.0 Å². The molecule has 0 saturated heterocycles. The van der Waals surface area contributed by atoms with Crippen molar-refractivity contribution in [2.24, 2.45) is 0 Å². The highest BCUT2D eigenvalue weighted by molar-refractivity contribution is 7.89. The Hall–Kier alpha value is -3.49. The summed E-state index contributed by atoms with van der Waals surface area (Å²) in [5, 5.41) is 0. The lowest BCUT2D eigenvalue weighted by Gasteiger charge is -2.20. The minimum Gasteiger partial charge on any atom is -0.465 e. The molecule has 0 aliphatic carbocycles. The fraction of sp³-hybridized carbons (Fsp3) is 0.130. The smallest absolute Gasteiger partial charge is 0.337 e. The highest BCUT2D eigenvalue weighted by Crippen LogP contribution is 2.25. The maximum absolute atomic E-state index is 13.3. The van der Waals surface area contributed by atoms with Crippen LogP contribution in [0.1, 0.15) is 37.9 Å². The first-order chi connectivity index (χ1) is 14.9. The number of hydrogen-bond donors (Lipinski definition) is 1. The van der Waals surface area contributed by atoms with Crippen LogP contribution < -0.4 is 4.72 Å². The molecule has 8 heteroatoms. The number of benzene rings is 3. The average Bonchev–Trinajstić information content (AvgIpc) is 2.82. The standard InChI is InChI=1S/C23H21NO6S/c1-29-22(25)18-13-19(23(26)30-2)15-20(14-18)31(27,28)24-21(16-9-5-3-6-10-16)17-11-7-4-8-12-17/h3-15,21,24H,1-2H3. The van der Waals surface area contributed by atoms with E-state index in [0.717, 1.165) is 23.3 Å². The van der Waals surface area contributed by atoms with Gasteiger partial charge in [0.05, 0.1) is 36.3 Å². The second-order valence-electron chi connectivity index (χ2n) is 6.60. The molecule has 3 aromatic rings. The van der Waals surface area contributed by atoms with Crippen molar-refractivity contribution in [3.63, 3.8) is 0 Å². The van der Waals surface area contributed by atoms with Crippen molar-refractivity contribution < 1.29 is 27.5 Å². The Morgan fingerprint density at radius 3 is 1.55 bits per heavy atom. The van der Waals surface area contributed by atoms with E-state index >= 15 is 0 Å². The Bertz CT molecular complexity index is 1100. The molecule has 0 heterocycles. The zero-order valence-electron chi connectivity index (χ0n) is 16.9. The van der Waals surface area contributed by atoms with Crippen LogP contribution in [0.15, 0.2) is 83.8 Å². The first kappa shape index (κ1) is 22.2. The number of carbonyl (C=O) groups excluding carboxylic acids is 2. The van der Waals surface area contributed by atoms with Crippen LogP contribution in [0.25, 0.3) is 0 Å². The second kappa shape index (κ2) is 9.55. The van der Waals surface area contributed by atoms with Gasteiger partial charge in [-0.05, 0) is 29.3 Å². The number of esters is 2. The number of nitrogens with one attached hydrogen (secondary N) is 1. The first-order valence-electron chi connectivity index (χ1n) is 9.29. The van der Waals surface area contributed by atoms with E-state index in [9.17, 15) is 18.0 Å². The summed E-state index contributed by atoms with van der Waals surface area (Å²) in [6.45, 7) is 0. The lowest BCUT2D eigenvalue weighted by molar-refractivity contribution is 0.0598. The molecule has 0 unspecified atom stereocenters. The molecule has 0 bridgehead atoms. The summed E-state index contributed by atoms with van der Waals surface area (Å²) >= 11 is 0. The molecule has 0 aromatic heterocycles. The SMILES string of the molecule is COC(=O)c1cc(C(=O)OC)cc(S(=O)(=O)NC(c2ccccc2)c2ccccc2)c1. The molecule has 3 aromatic carbocycles. The molecule has 3 rings (SSSR count). The van der Waals surface area contributed by atoms with Crippen molar-refractivity contribution in [1.82, 2.24) is 4.72 Å². The molecular weight excluding hydrogens is 418 g/mol. The lowest BCUT2D eigenvalue weighted by atomic mass is 10.00. The molecule has 0 spiro atoms. The van der Waals surface area contributed by atoms with E-state index in [1.54, 1.807) is 0 Å². The van der Waals surface area contributed by atoms with Crippen molar-refractivity contribution in [2.45, 2.75) is 10.9 Å². The minimum atomic E-state index is -4.15. The largest absolute Gasteiger partial charge is 0.465 e. The molecule has 31 heavy (non-hydrogen) atoms. The van der Waals surface area contributed by atoms with Crippen LogP contribution in [0.5, 0.6) is 0 Å². The van der Waals surface area contributed by atoms with E-state index in [0.29, 0.717) is 0 Å². The second-order valence-corrected chi connectivity index (χ2v) is 8.32. The van der Waals surface area contributed by atoms with Gasteiger partial charge in [-0.3, -0.25) is 0 Å². The molecule has 0 amide bonds. The monoisotopic (exact) mass is 439 g/mol. The maximum Gasteiger partial charge on any atom is 0.337 e. The van der Waals surface area contributed by atoms with Crippen LogP contribution >= 0.6 is 0 Å². The predicted octanol–water partition coefficient (Wildman–Crippen LogP) is 3.33. The number of ether oxygens (including phenoxy) is 2. The van der Waals surface area contributed by atoms with Crippen molar-refractivity contribution in [3.8, 4) is 0 Å². The average molecular weight is 439 g/mol. The summed E-state index contributed by atoms with van der Waals surface area (Å²) in [4.78, 5) is 23.8. The highest BCUT2D eigenvalue weighted by atomic mass is 32.2. The van der Waals surface area contributed by atoms with E-state index in [2.05, 4.69) is 14.2 Å². The lowest BCUT2D eigenvalue weighted by Crippen LogP contribution is -2.30. The number of rotatable bonds is 7. The Morgan fingerprint density at radius 2 is 1.16 bits per heavy atom. The van der Waals surface area contributed by atoms with Gasteiger partial charge >= 0.3 is 11.9 Å². The van der Waals surface area contributed by atoms with Gasteiger partial charge in [-0.15, -0.1) is 0 Å². The van der Waals surface area contributed by atoms with Crippen molar-refractivity contribution >= 4 is 22.0 Å². The Kier molecular flexibility index (Phi) is 6.84. The third-order valence-electron chi connectivity index (χ3n) is 4.60. The Morgan fingerprint density at radius 1 is 0.742 bits per heavy atom. The maximum atomic E-state index is 13.3. The van der Waals surface area contributed by atoms with Crippen LogP contribution in [0.3, 0.4) is 0 Å². The van der Waals surface area contributed by atoms with Crippen LogP contribution in [0, 0.1) is 0 Å². The number of carbonyl (C=O) groups is 2. The molecule has 0 aliphatic rings. The van der Waals surface area contributed by atoms with Gasteiger partial charge in [-0.2, -0.15) is 4.72 Å². The van der Waals surface area contributed by atoms with Gasteiger partial charge in [-0.1, -0.05) is 60.7 Å². The highest BCUT2D eigenvalue weighted by Gasteiger charge is 2.25. The predicted molar refractivity (Wildman–Crippen MR) is 114 cm³/mol. The summed E-state index contributed by atoms with van der Waals surface area (Å²) in [6, 6.07) is 21.0. The van der Waals surface area contributed by atoms with E-state index in [4.69, 9.17) is 0 Å². The quantitative estimate of drug-likeness (QED) is 0.567. The zero-order chi connectivity index (χ0) is 22.4. The normalized spacial score (nSPS) is 11.2. The minimum absolute atomic E-state index is 0.0817. The molecule has 0 atom stereocenters. The Labute approximate surface area is 180 Å². The number of methoxy groups -OCH3 is 2. The van der Waals surface area contributed by atoms with Crippen LogP contribution in [0.4, 0.5) is 0 Å². The molecule has 7 nitrogen and oxygen atoms in total. The molecule has 0 fully saturated rings. The topological polar surface area (TPSA) is 98.8 Å². The Balaban J connectivity index is 2.09. The molecule has 0 saturated carbocycles. The van der Waals surface area contributed by atoms with Crippen LogP contribution in [-0.4, -0.2) is 34.6 Å². The van der Waals surface area contributed by atoms with Crippen LogP contribution in [-0.2, 0) is 19.5 Å². The molecule has 0 radical (unpaired) electrons. The third kappa shape index (κ3) is 5.17. The summed E-state index contributed by atoms with van der Waals surface area (Å²) in [6.07, 6.45) is 0. The van der Waals surface area contributed by atoms with Gasteiger partial charge < -0.3 is 9.47 Å². The van der Waals surface area contributed by atoms with Gasteiger partial charge in [0.25, 0.3) is 0 Å². The number of hydrogen-bond acceptors (Lipinski definition) is 6. The van der Waals surface area contributed by atoms with Gasteiger partial charge in [0.1, 0.15) is 0 Å². The zero-order valence-corrected chi connectivity index (χ0v) is 17.8. The van der Waals surface area contributed by atoms with Crippen molar-refractivity contribution in [2.75, 3.05) is 14.2 Å². The third-order valence-corrected chi connectivity index (χ3v) is 6.00. The van der Waals surface area contributed by atoms with E-state index in [1.807, 2.05) is 60.7 Å². The summed E-state index contributed by atoms with van der Waals surface area (Å²) in [5.74, 6) is -1.55. The van der Waals surface area contributed by atoms with Gasteiger partial charge in [0, 0.05) is 0 Å². The fourth-order valence-corrected chi connectivity index (χ4v) is 4.35. The van der Waals surface area contributed by atoms with Gasteiger partial charge in [0.15, 0.2) is 0 Å². The molecule has 0 aliphatic heterocycles. The van der Waals surface area contributed by atoms with E-state index in [-0.39, 0.29) is 16.0 Å². The van der Waals surface area contributed by atoms with Crippen molar-refractivity contribution in [1.29, 1.82) is 0 Å². The van der Waals surface area contributed by atoms with E-state index in [1.165, 1.54) is 20.3 Å². The summed E-state index contributed by atoms with van der Waals surface area (Å²) in [5.41, 5.74) is 1.30.